The van der Waals surface area contributed by atoms with Crippen molar-refractivity contribution in [2.45, 2.75) is 26.7 Å². The molecule has 1 nitrogen and oxygen atoms in total. The maximum atomic E-state index is 2.18. The largest absolute Gasteiger partial charge is 0.344 e. The maximum absolute atomic E-state index is 2.18. The molecule has 0 saturated carbocycles. The van der Waals surface area contributed by atoms with E-state index in [9.17, 15) is 0 Å². The van der Waals surface area contributed by atoms with E-state index in [2.05, 4.69) is 13.8 Å². The van der Waals surface area contributed by atoms with E-state index >= 15 is 0 Å². The van der Waals surface area contributed by atoms with Crippen molar-refractivity contribution in [3.63, 3.8) is 0 Å². The zero-order valence-corrected chi connectivity index (χ0v) is 4.12. The predicted octanol–water partition coefficient (Wildman–Crippen LogP) is 1.97. The van der Waals surface area contributed by atoms with Crippen LogP contribution in [0.5, 0.6) is 0 Å². The van der Waals surface area contributed by atoms with E-state index in [-0.39, 0.29) is 6.15 Å². The predicted molar refractivity (Wildman–Crippen MR) is 25.6 cm³/mol. The first-order chi connectivity index (χ1) is 1.91. The number of unbranched alkanes of at least 4 members (excludes halogenated alkanes) is 1. The van der Waals surface area contributed by atoms with Crippen molar-refractivity contribution >= 4 is 0 Å². The molecular formula is C4H13N. The summed E-state index contributed by atoms with van der Waals surface area (Å²) in [5.41, 5.74) is 0. The van der Waals surface area contributed by atoms with Crippen molar-refractivity contribution in [2.24, 2.45) is 0 Å². The minimum absolute atomic E-state index is 0. The highest BCUT2D eigenvalue weighted by Crippen LogP contribution is 1.76. The average Bonchev–Trinajstić information content (AvgIpc) is 1.37. The summed E-state index contributed by atoms with van der Waals surface area (Å²) in [6, 6.07) is 0. The summed E-state index contributed by atoms with van der Waals surface area (Å²) >= 11 is 0. The normalized spacial score (nSPS) is 6.00. The lowest BCUT2D eigenvalue weighted by Gasteiger charge is -1.68. The van der Waals surface area contributed by atoms with Gasteiger partial charge in [-0.2, -0.15) is 0 Å². The van der Waals surface area contributed by atoms with Crippen molar-refractivity contribution in [1.29, 1.82) is 0 Å². The summed E-state index contributed by atoms with van der Waals surface area (Å²) < 4.78 is 0. The van der Waals surface area contributed by atoms with Gasteiger partial charge in [0.1, 0.15) is 0 Å². The Morgan fingerprint density at radius 3 is 1.20 bits per heavy atom. The van der Waals surface area contributed by atoms with E-state index in [1.54, 1.807) is 0 Å². The van der Waals surface area contributed by atoms with Crippen LogP contribution in [0.15, 0.2) is 0 Å². The molecule has 0 unspecified atom stereocenters. The van der Waals surface area contributed by atoms with Crippen LogP contribution in [-0.4, -0.2) is 0 Å². The van der Waals surface area contributed by atoms with E-state index in [4.69, 9.17) is 0 Å². The van der Waals surface area contributed by atoms with E-state index in [0.29, 0.717) is 0 Å². The molecule has 0 aliphatic heterocycles. The fourth-order valence-corrected chi connectivity index (χ4v) is 0. The van der Waals surface area contributed by atoms with Crippen LogP contribution in [0.4, 0.5) is 0 Å². The third-order valence-corrected chi connectivity index (χ3v) is 0.500. The summed E-state index contributed by atoms with van der Waals surface area (Å²) in [6.07, 6.45) is 2.64. The minimum Gasteiger partial charge on any atom is -0.344 e. The highest BCUT2D eigenvalue weighted by Gasteiger charge is 1.56. The minimum atomic E-state index is 0. The van der Waals surface area contributed by atoms with Gasteiger partial charge in [-0.25, -0.2) is 0 Å². The molecule has 0 aromatic heterocycles. The Morgan fingerprint density at radius 2 is 1.20 bits per heavy atom. The van der Waals surface area contributed by atoms with Crippen LogP contribution in [0.2, 0.25) is 0 Å². The van der Waals surface area contributed by atoms with Crippen molar-refractivity contribution in [3.05, 3.63) is 0 Å². The summed E-state index contributed by atoms with van der Waals surface area (Å²) in [7, 11) is 0. The lowest BCUT2D eigenvalue weighted by atomic mass is 10.4. The third-order valence-electron chi connectivity index (χ3n) is 0.500. The van der Waals surface area contributed by atoms with E-state index in [0.717, 1.165) is 0 Å². The van der Waals surface area contributed by atoms with Gasteiger partial charge in [0.05, 0.1) is 0 Å². The van der Waals surface area contributed by atoms with Crippen LogP contribution in [0.3, 0.4) is 0 Å². The van der Waals surface area contributed by atoms with Gasteiger partial charge in [0.25, 0.3) is 0 Å². The van der Waals surface area contributed by atoms with Gasteiger partial charge in [-0.05, 0) is 0 Å². The molecule has 0 aromatic carbocycles. The molecule has 3 N–H and O–H groups in total. The molecule has 0 radical (unpaired) electrons. The molecule has 0 aliphatic carbocycles. The molecule has 0 atom stereocenters. The molecule has 0 rings (SSSR count). The fraction of sp³-hybridized carbons (Fsp3) is 1.00. The molecule has 0 aliphatic rings. The van der Waals surface area contributed by atoms with E-state index < -0.39 is 0 Å². The Kier molecular flexibility index (Phi) is 16.0. The van der Waals surface area contributed by atoms with E-state index in [1.807, 2.05) is 0 Å². The molecular weight excluding hydrogens is 62.1 g/mol. The molecule has 0 heterocycles. The molecule has 0 amide bonds. The van der Waals surface area contributed by atoms with Crippen LogP contribution in [0.25, 0.3) is 0 Å². The Labute approximate surface area is 34.0 Å². The van der Waals surface area contributed by atoms with Crippen LogP contribution >= 0.6 is 0 Å². The first-order valence-corrected chi connectivity index (χ1v) is 1.91. The third kappa shape index (κ3) is 16.5. The Hall–Kier alpha value is -0.0400. The van der Waals surface area contributed by atoms with Gasteiger partial charge in [0, 0.05) is 0 Å². The fourth-order valence-electron chi connectivity index (χ4n) is 0. The standard InChI is InChI=1S/C4H10.H3N/c1-3-4-2;/h3-4H2,1-2H3;1H3. The highest BCUT2D eigenvalue weighted by molar-refractivity contribution is 4.12. The van der Waals surface area contributed by atoms with Gasteiger partial charge in [0.15, 0.2) is 0 Å². The van der Waals surface area contributed by atoms with Crippen molar-refractivity contribution in [2.75, 3.05) is 0 Å². The monoisotopic (exact) mass is 75.1 g/mol. The lowest BCUT2D eigenvalue weighted by Crippen LogP contribution is -1.47. The van der Waals surface area contributed by atoms with Gasteiger partial charge in [-0.15, -0.1) is 0 Å². The van der Waals surface area contributed by atoms with Gasteiger partial charge in [-0.1, -0.05) is 26.7 Å². The lowest BCUT2D eigenvalue weighted by molar-refractivity contribution is 0.886. The summed E-state index contributed by atoms with van der Waals surface area (Å²) in [4.78, 5) is 0. The molecule has 0 aromatic rings. The van der Waals surface area contributed by atoms with Crippen LogP contribution in [-0.2, 0) is 0 Å². The van der Waals surface area contributed by atoms with Gasteiger partial charge in [-0.3, -0.25) is 0 Å². The zero-order valence-electron chi connectivity index (χ0n) is 4.12. The first-order valence-electron chi connectivity index (χ1n) is 1.91. The molecule has 0 saturated heterocycles. The molecule has 1 heteroatoms. The molecule has 34 valence electrons. The average molecular weight is 75.2 g/mol. The topological polar surface area (TPSA) is 35.0 Å². The van der Waals surface area contributed by atoms with Crippen molar-refractivity contribution in [3.8, 4) is 0 Å². The molecule has 0 bridgehead atoms. The van der Waals surface area contributed by atoms with Gasteiger partial charge in [0.2, 0.25) is 0 Å². The Morgan fingerprint density at radius 1 is 1.00 bits per heavy atom. The van der Waals surface area contributed by atoms with Gasteiger partial charge >= 0.3 is 0 Å². The second-order valence-corrected chi connectivity index (χ2v) is 1.000. The maximum Gasteiger partial charge on any atom is -0.0564 e. The summed E-state index contributed by atoms with van der Waals surface area (Å²) in [5.74, 6) is 0. The molecule has 0 spiro atoms. The molecule has 0 fully saturated rings. The van der Waals surface area contributed by atoms with Crippen LogP contribution < -0.4 is 6.15 Å². The second kappa shape index (κ2) is 9.03. The highest BCUT2D eigenvalue weighted by atomic mass is 14.0. The summed E-state index contributed by atoms with van der Waals surface area (Å²) in [6.45, 7) is 4.36. The number of rotatable bonds is 1. The summed E-state index contributed by atoms with van der Waals surface area (Å²) in [5, 5.41) is 0. The zero-order chi connectivity index (χ0) is 3.41. The van der Waals surface area contributed by atoms with Crippen LogP contribution in [0.1, 0.15) is 26.7 Å². The molecule has 5 heavy (non-hydrogen) atoms. The van der Waals surface area contributed by atoms with Crippen molar-refractivity contribution in [1.82, 2.24) is 6.15 Å². The number of hydrogen-bond acceptors (Lipinski definition) is 1. The van der Waals surface area contributed by atoms with E-state index in [1.165, 1.54) is 12.8 Å². The SMILES string of the molecule is CCCC.N. The second-order valence-electron chi connectivity index (χ2n) is 1.000. The number of hydrogen-bond donors (Lipinski definition) is 1. The quantitative estimate of drug-likeness (QED) is 0.508. The Bertz CT molecular complexity index is 5.61. The Balaban J connectivity index is 0. The van der Waals surface area contributed by atoms with Gasteiger partial charge < -0.3 is 6.15 Å². The van der Waals surface area contributed by atoms with Crippen LogP contribution in [0, 0.1) is 0 Å². The van der Waals surface area contributed by atoms with Crippen molar-refractivity contribution < 1.29 is 0 Å². The smallest absolute Gasteiger partial charge is 0.0564 e. The first kappa shape index (κ1) is 8.88.